The average Bonchev–Trinajstić information content (AvgIpc) is 2.05. The molecule has 0 bridgehead atoms. The number of ether oxygens (including phenoxy) is 1. The van der Waals surface area contributed by atoms with Gasteiger partial charge in [-0.1, -0.05) is 8.44 Å². The second-order valence-electron chi connectivity index (χ2n) is 2.23. The molecule has 5 heteroatoms. The summed E-state index contributed by atoms with van der Waals surface area (Å²) in [5.41, 5.74) is -0.819. The summed E-state index contributed by atoms with van der Waals surface area (Å²) in [5.74, 6) is 0.942. The van der Waals surface area contributed by atoms with E-state index in [1.807, 2.05) is 0 Å². The molecule has 0 aliphatic heterocycles. The first-order chi connectivity index (χ1) is 5.18. The topological polar surface area (TPSA) is 38.3 Å². The molecule has 0 rings (SSSR count). The maximum absolute atomic E-state index is 10.5. The van der Waals surface area contributed by atoms with Crippen molar-refractivity contribution in [1.82, 2.24) is 5.32 Å². The minimum atomic E-state index is -0.819. The molecule has 0 aliphatic carbocycles. The molecular weight excluding hydrogens is 181 g/mol. The monoisotopic (exact) mass is 195 g/mol. The second kappa shape index (κ2) is 5.95. The molecule has 0 radical (unpaired) electrons. The van der Waals surface area contributed by atoms with Gasteiger partial charge < -0.3 is 4.74 Å². The molecule has 0 spiro atoms. The number of rotatable bonds is 6. The van der Waals surface area contributed by atoms with Gasteiger partial charge in [0.1, 0.15) is 0 Å². The van der Waals surface area contributed by atoms with Crippen molar-refractivity contribution in [2.45, 2.75) is 12.6 Å². The highest BCUT2D eigenvalue weighted by atomic mass is 32.7. The largest absolute Gasteiger partial charge is 0.357 e. The van der Waals surface area contributed by atoms with Crippen molar-refractivity contribution in [1.29, 1.82) is 0 Å². The summed E-state index contributed by atoms with van der Waals surface area (Å²) in [6.45, 7) is 2.46. The standard InChI is InChI=1S/C6H14NO2PS/c1-6(5-8,9-2)7-3-4-11-10/h5,7H,3-4,10H2,1-2H3. The molecular formula is C6H14NO2PS. The van der Waals surface area contributed by atoms with Gasteiger partial charge in [-0.3, -0.25) is 10.1 Å². The third kappa shape index (κ3) is 4.75. The molecule has 0 aromatic carbocycles. The zero-order chi connectivity index (χ0) is 8.74. The smallest absolute Gasteiger partial charge is 0.172 e. The third-order valence-electron chi connectivity index (χ3n) is 1.34. The van der Waals surface area contributed by atoms with Gasteiger partial charge in [0.25, 0.3) is 0 Å². The van der Waals surface area contributed by atoms with Gasteiger partial charge in [0, 0.05) is 19.4 Å². The summed E-state index contributed by atoms with van der Waals surface area (Å²) in [4.78, 5) is 10.5. The molecule has 0 aromatic heterocycles. The predicted octanol–water partition coefficient (Wildman–Crippen LogP) is 0.661. The summed E-state index contributed by atoms with van der Waals surface area (Å²) in [6, 6.07) is 0. The van der Waals surface area contributed by atoms with Crippen molar-refractivity contribution in [3.8, 4) is 0 Å². The van der Waals surface area contributed by atoms with Gasteiger partial charge in [0.15, 0.2) is 12.0 Å². The molecule has 0 heterocycles. The highest BCUT2D eigenvalue weighted by Gasteiger charge is 2.20. The van der Waals surface area contributed by atoms with Gasteiger partial charge in [-0.2, -0.15) is 0 Å². The van der Waals surface area contributed by atoms with Crippen molar-refractivity contribution in [3.05, 3.63) is 0 Å². The molecule has 2 unspecified atom stereocenters. The van der Waals surface area contributed by atoms with E-state index in [0.29, 0.717) is 0 Å². The second-order valence-corrected chi connectivity index (χ2v) is 3.97. The Morgan fingerprint density at radius 1 is 1.82 bits per heavy atom. The fraction of sp³-hybridized carbons (Fsp3) is 0.833. The van der Waals surface area contributed by atoms with Crippen LogP contribution in [-0.2, 0) is 9.53 Å². The van der Waals surface area contributed by atoms with Crippen LogP contribution in [0.1, 0.15) is 6.92 Å². The number of nitrogens with one attached hydrogen (secondary N) is 1. The zero-order valence-electron chi connectivity index (χ0n) is 6.79. The summed E-state index contributed by atoms with van der Waals surface area (Å²) in [5, 5.41) is 2.97. The Bertz CT molecular complexity index is 125. The Morgan fingerprint density at radius 3 is 2.82 bits per heavy atom. The number of hydrogen-bond acceptors (Lipinski definition) is 4. The normalized spacial score (nSPS) is 15.9. The molecule has 66 valence electrons. The van der Waals surface area contributed by atoms with Gasteiger partial charge in [0.05, 0.1) is 0 Å². The highest BCUT2D eigenvalue weighted by Crippen LogP contribution is 2.08. The van der Waals surface area contributed by atoms with Crippen molar-refractivity contribution in [3.63, 3.8) is 0 Å². The molecule has 1 N–H and O–H groups in total. The Morgan fingerprint density at radius 2 is 2.45 bits per heavy atom. The highest BCUT2D eigenvalue weighted by molar-refractivity contribution is 8.43. The van der Waals surface area contributed by atoms with E-state index in [-0.39, 0.29) is 0 Å². The lowest BCUT2D eigenvalue weighted by Gasteiger charge is -2.22. The molecule has 0 saturated carbocycles. The van der Waals surface area contributed by atoms with Crippen LogP contribution < -0.4 is 5.32 Å². The van der Waals surface area contributed by atoms with Crippen LogP contribution in [0.15, 0.2) is 0 Å². The molecule has 0 saturated heterocycles. The first-order valence-corrected chi connectivity index (χ1v) is 5.73. The van der Waals surface area contributed by atoms with Crippen molar-refractivity contribution < 1.29 is 9.53 Å². The Balaban J connectivity index is 3.60. The number of methoxy groups -OCH3 is 1. The Hall–Kier alpha value is 0.370. The summed E-state index contributed by atoms with van der Waals surface area (Å²) < 4.78 is 4.94. The van der Waals surface area contributed by atoms with Crippen LogP contribution in [0.5, 0.6) is 0 Å². The van der Waals surface area contributed by atoms with E-state index in [0.717, 1.165) is 18.6 Å². The van der Waals surface area contributed by atoms with E-state index in [9.17, 15) is 4.79 Å². The first-order valence-electron chi connectivity index (χ1n) is 3.26. The van der Waals surface area contributed by atoms with E-state index in [1.54, 1.807) is 18.3 Å². The Labute approximate surface area is 73.6 Å². The van der Waals surface area contributed by atoms with E-state index >= 15 is 0 Å². The van der Waals surface area contributed by atoms with Crippen LogP contribution >= 0.6 is 19.8 Å². The summed E-state index contributed by atoms with van der Waals surface area (Å²) in [6.07, 6.45) is 0.764. The molecule has 2 atom stereocenters. The minimum absolute atomic E-state index is 0.761. The minimum Gasteiger partial charge on any atom is -0.357 e. The molecule has 0 fully saturated rings. The van der Waals surface area contributed by atoms with Crippen LogP contribution in [0.2, 0.25) is 0 Å². The van der Waals surface area contributed by atoms with Crippen molar-refractivity contribution in [2.24, 2.45) is 0 Å². The van der Waals surface area contributed by atoms with Gasteiger partial charge >= 0.3 is 0 Å². The SMILES string of the molecule is COC(C)(C=O)NCCSP. The maximum atomic E-state index is 10.5. The predicted molar refractivity (Wildman–Crippen MR) is 51.6 cm³/mol. The van der Waals surface area contributed by atoms with E-state index in [2.05, 4.69) is 13.8 Å². The number of carbonyl (C=O) groups excluding carboxylic acids is 1. The lowest BCUT2D eigenvalue weighted by Crippen LogP contribution is -2.46. The number of aldehydes is 1. The number of hydrogen-bond donors (Lipinski definition) is 1. The molecule has 11 heavy (non-hydrogen) atoms. The van der Waals surface area contributed by atoms with Gasteiger partial charge in [0.2, 0.25) is 0 Å². The first kappa shape index (κ1) is 11.4. The molecule has 3 nitrogen and oxygen atoms in total. The van der Waals surface area contributed by atoms with Crippen molar-refractivity contribution in [2.75, 3.05) is 19.4 Å². The fourth-order valence-electron chi connectivity index (χ4n) is 0.520. The molecule has 0 amide bonds. The fourth-order valence-corrected chi connectivity index (χ4v) is 1.09. The third-order valence-corrected chi connectivity index (χ3v) is 2.49. The van der Waals surface area contributed by atoms with E-state index in [1.165, 1.54) is 7.11 Å². The van der Waals surface area contributed by atoms with Crippen LogP contribution in [0, 0.1) is 0 Å². The quantitative estimate of drug-likeness (QED) is 0.292. The number of carbonyl (C=O) groups is 1. The molecule has 0 aliphatic rings. The lowest BCUT2D eigenvalue weighted by molar-refractivity contribution is -0.129. The van der Waals surface area contributed by atoms with Gasteiger partial charge in [-0.05, 0) is 6.92 Å². The average molecular weight is 195 g/mol. The van der Waals surface area contributed by atoms with Crippen LogP contribution in [0.25, 0.3) is 0 Å². The van der Waals surface area contributed by atoms with Gasteiger partial charge in [-0.25, -0.2) is 0 Å². The van der Waals surface area contributed by atoms with Crippen LogP contribution in [0.4, 0.5) is 0 Å². The lowest BCUT2D eigenvalue weighted by atomic mass is 10.3. The molecule has 0 aromatic rings. The Kier molecular flexibility index (Phi) is 6.15. The summed E-state index contributed by atoms with van der Waals surface area (Å²) in [7, 11) is 4.06. The summed E-state index contributed by atoms with van der Waals surface area (Å²) >= 11 is 1.65. The van der Waals surface area contributed by atoms with Crippen molar-refractivity contribution >= 4 is 26.1 Å². The van der Waals surface area contributed by atoms with Crippen LogP contribution in [0.3, 0.4) is 0 Å². The van der Waals surface area contributed by atoms with Gasteiger partial charge in [-0.15, -0.1) is 11.4 Å². The van der Waals surface area contributed by atoms with E-state index < -0.39 is 5.72 Å². The van der Waals surface area contributed by atoms with E-state index in [4.69, 9.17) is 4.74 Å². The van der Waals surface area contributed by atoms with Crippen LogP contribution in [-0.4, -0.2) is 31.4 Å². The maximum Gasteiger partial charge on any atom is 0.172 e. The zero-order valence-corrected chi connectivity index (χ0v) is 8.76.